The van der Waals surface area contributed by atoms with E-state index < -0.39 is 0 Å². The summed E-state index contributed by atoms with van der Waals surface area (Å²) in [5.41, 5.74) is 32.5. The van der Waals surface area contributed by atoms with Crippen LogP contribution in [0.2, 0.25) is 0 Å². The van der Waals surface area contributed by atoms with Crippen molar-refractivity contribution in [1.29, 1.82) is 0 Å². The van der Waals surface area contributed by atoms with E-state index in [9.17, 15) is 0 Å². The summed E-state index contributed by atoms with van der Waals surface area (Å²) in [4.78, 5) is 8.04. The fourth-order valence-corrected chi connectivity index (χ4v) is 17.6. The Morgan fingerprint density at radius 3 is 0.543 bits per heavy atom. The summed E-state index contributed by atoms with van der Waals surface area (Å²) < 4.78 is 0. The molecule has 0 amide bonds. The van der Waals surface area contributed by atoms with Gasteiger partial charge in [0.05, 0.1) is 11.4 Å². The summed E-state index contributed by atoms with van der Waals surface area (Å²) in [6, 6.07) is 171. The van der Waals surface area contributed by atoms with Crippen molar-refractivity contribution in [2.24, 2.45) is 0 Å². The van der Waals surface area contributed by atoms with Crippen molar-refractivity contribution in [3.63, 3.8) is 0 Å². The van der Waals surface area contributed by atoms with Gasteiger partial charge in [0.25, 0.3) is 0 Å². The molecule has 0 fully saturated rings. The van der Waals surface area contributed by atoms with Crippen LogP contribution in [-0.4, -0.2) is 57.8 Å². The number of hydrogen-bond donors (Lipinski definition) is 2. The zero-order chi connectivity index (χ0) is 96.8. The standard InChI is InChI=1S/2C53H51N2.2C8H5.2C6H6.2Mg/c2*1-36(2)45-28-19-29-46(37(3)4)51(45)54-53(44-32-30-38(5)31-33-44)55-52-47(49(40-20-11-7-12-21-40)41-22-13-8-14-23-41)34-39(6)35-48(52)50(42-24-15-9-16-25-42)43-26-17-10-18-27-43;2*1-2-8-6-4-3-5-7-8;2*1-2-4-6-5-3-1;;/h2*7-37,49-50H,1-6H3;2*3-7H;2*1-6H;;/q4*-1;;;2*+2/p+2. The van der Waals surface area contributed by atoms with Crippen molar-refractivity contribution >= 4 is 80.5 Å². The summed E-state index contributed by atoms with van der Waals surface area (Å²) in [5.74, 6) is 7.31. The van der Waals surface area contributed by atoms with Crippen LogP contribution in [0.1, 0.15) is 236 Å². The van der Waals surface area contributed by atoms with E-state index in [4.69, 9.17) is 23.5 Å². The molecule has 18 aromatic carbocycles. The number of nitrogens with zero attached hydrogens (tertiary/aromatic N) is 2. The first-order valence-corrected chi connectivity index (χ1v) is 48.2. The zero-order valence-electron chi connectivity index (χ0n) is 83.1. The van der Waals surface area contributed by atoms with Gasteiger partial charge in [0.2, 0.25) is 0 Å². The smallest absolute Gasteiger partial charge is 0.366 e. The molecule has 0 radical (unpaired) electrons. The van der Waals surface area contributed by atoms with Crippen LogP contribution < -0.4 is 9.98 Å². The molecule has 0 bridgehead atoms. The van der Waals surface area contributed by atoms with Crippen LogP contribution in [0, 0.1) is 52.4 Å². The molecule has 684 valence electrons. The molecule has 2 N–H and O–H groups in total. The van der Waals surface area contributed by atoms with Crippen LogP contribution in [0.25, 0.3) is 10.6 Å². The number of nitrogens with one attached hydrogen (secondary N) is 2. The fraction of sp³-hybridized carbons (Fsp3) is 0.149. The van der Waals surface area contributed by atoms with E-state index in [0.717, 1.165) is 56.7 Å². The van der Waals surface area contributed by atoms with E-state index in [-0.39, 0.29) is 69.8 Å². The Morgan fingerprint density at radius 2 is 0.379 bits per heavy atom. The molecule has 0 aromatic heterocycles. The summed E-state index contributed by atoms with van der Waals surface area (Å²) in [7, 11) is 0. The van der Waals surface area contributed by atoms with E-state index in [1.165, 1.54) is 111 Å². The van der Waals surface area contributed by atoms with Gasteiger partial charge in [-0.25, -0.2) is 10.6 Å². The molecule has 0 aliphatic carbocycles. The number of rotatable bonds is 22. The van der Waals surface area contributed by atoms with Gasteiger partial charge in [0.15, 0.2) is 0 Å². The topological polar surface area (TPSA) is 56.1 Å². The van der Waals surface area contributed by atoms with Crippen LogP contribution in [0.5, 0.6) is 0 Å². The molecule has 18 rings (SSSR count). The molecular weight excluding hydrogens is 1710 g/mol. The van der Waals surface area contributed by atoms with Gasteiger partial charge in [-0.15, -0.1) is 35.4 Å². The third kappa shape index (κ3) is 29.8. The van der Waals surface area contributed by atoms with Gasteiger partial charge in [-0.05, 0) is 140 Å². The molecule has 0 unspecified atom stereocenters. The summed E-state index contributed by atoms with van der Waals surface area (Å²) in [5, 5.41) is 11.9. The van der Waals surface area contributed by atoms with Crippen LogP contribution in [-0.2, 0) is 0 Å². The summed E-state index contributed by atoms with van der Waals surface area (Å²) in [6.07, 6.45) is 13.4. The van der Waals surface area contributed by atoms with Crippen molar-refractivity contribution < 1.29 is 9.98 Å². The Labute approximate surface area is 867 Å². The van der Waals surface area contributed by atoms with Gasteiger partial charge in [-0.3, -0.25) is 11.8 Å². The minimum Gasteiger partial charge on any atom is -0.366 e. The predicted molar refractivity (Wildman–Crippen MR) is 595 cm³/mol. The minimum atomic E-state index is -0.0551. The normalized spacial score (nSPS) is 10.9. The molecule has 6 heteroatoms. The predicted octanol–water partition coefficient (Wildman–Crippen LogP) is 31.4. The molecule has 0 spiro atoms. The van der Waals surface area contributed by atoms with E-state index >= 15 is 0 Å². The molecule has 0 heterocycles. The first-order valence-electron chi connectivity index (χ1n) is 48.2. The molecule has 0 aliphatic rings. The van der Waals surface area contributed by atoms with Crippen molar-refractivity contribution in [2.75, 3.05) is 0 Å². The summed E-state index contributed by atoms with van der Waals surface area (Å²) in [6.45, 7) is 27.0. The van der Waals surface area contributed by atoms with Crippen molar-refractivity contribution in [2.45, 2.75) is 130 Å². The number of amidine groups is 2. The third-order valence-corrected chi connectivity index (χ3v) is 24.4. The second kappa shape index (κ2) is 55.2. The van der Waals surface area contributed by atoms with Gasteiger partial charge in [0, 0.05) is 46.2 Å². The maximum absolute atomic E-state index is 6.69. The maximum Gasteiger partial charge on any atom is 2.00 e. The van der Waals surface area contributed by atoms with Crippen LogP contribution >= 0.6 is 0 Å². The third-order valence-electron chi connectivity index (χ3n) is 24.4. The van der Waals surface area contributed by atoms with E-state index in [1.807, 2.05) is 133 Å². The Bertz CT molecular complexity index is 5980. The average molecular weight is 1840 g/mol. The molecule has 140 heavy (non-hydrogen) atoms. The average Bonchev–Trinajstić information content (AvgIpc) is 0.758. The molecule has 18 aromatic rings. The number of hydrogen-bond acceptors (Lipinski definition) is 0. The molecule has 0 atom stereocenters. The zero-order valence-corrected chi connectivity index (χ0v) is 85.9. The second-order valence-electron chi connectivity index (χ2n) is 36.0. The Morgan fingerprint density at radius 1 is 0.207 bits per heavy atom. The van der Waals surface area contributed by atoms with Gasteiger partial charge < -0.3 is 22.8 Å². The molecule has 0 saturated heterocycles. The van der Waals surface area contributed by atoms with E-state index in [0.29, 0.717) is 23.7 Å². The monoisotopic (exact) mass is 1840 g/mol. The second-order valence-corrected chi connectivity index (χ2v) is 36.0. The fourth-order valence-electron chi connectivity index (χ4n) is 17.6. The summed E-state index contributed by atoms with van der Waals surface area (Å²) >= 11 is 0. The van der Waals surface area contributed by atoms with Gasteiger partial charge in [0.1, 0.15) is 11.7 Å². The quantitative estimate of drug-likeness (QED) is 0.0170. The molecule has 4 nitrogen and oxygen atoms in total. The van der Waals surface area contributed by atoms with E-state index in [2.05, 4.69) is 457 Å². The number of benzene rings is 18. The van der Waals surface area contributed by atoms with Gasteiger partial charge >= 0.3 is 46.1 Å². The molecule has 0 saturated carbocycles. The number of para-hydroxylation sites is 2. The van der Waals surface area contributed by atoms with Crippen LogP contribution in [0.3, 0.4) is 0 Å². The maximum atomic E-state index is 6.69. The number of aryl methyl sites for hydroxylation is 4. The minimum absolute atomic E-state index is 0. The van der Waals surface area contributed by atoms with Gasteiger partial charge in [-0.2, -0.15) is 0 Å². The Hall–Kier alpha value is -14.4. The van der Waals surface area contributed by atoms with Crippen LogP contribution in [0.4, 0.5) is 22.7 Å². The van der Waals surface area contributed by atoms with Crippen molar-refractivity contribution in [3.05, 3.63) is 642 Å². The largest absolute Gasteiger partial charge is 2.00 e. The van der Waals surface area contributed by atoms with Crippen molar-refractivity contribution in [1.82, 2.24) is 0 Å². The first kappa shape index (κ1) is 106. The SMILES string of the molecule is Cc1ccc(C([N-]c2c(C(c3ccccc3)c3ccccc3)cc(C)cc2C(c2ccccc2)c2ccccc2)=[NH+]c2c(C(C)C)cccc2C(C)C)cc1.Cc1ccc(C([N-]c2c(C(c3ccccc3)c3ccccc3)cc(C)cc2C(c2ccccc2)c2ccccc2)=[NH+]c2c(C(C)C)cccc2C(C)C)cc1.[C-]#Cc1ccccc1.[C-]#Cc1ccccc1.[Mg+2].[Mg+2].c1ccccc1.c1ccccc1. The molecular formula is C134H126Mg2N4+2. The van der Waals surface area contributed by atoms with E-state index in [1.54, 1.807) is 0 Å². The Balaban J connectivity index is 0.000000206. The Kier molecular flexibility index (Phi) is 41.8. The van der Waals surface area contributed by atoms with Gasteiger partial charge in [-0.1, -0.05) is 539 Å². The molecule has 0 aliphatic heterocycles. The first-order chi connectivity index (χ1) is 67.4. The van der Waals surface area contributed by atoms with Crippen LogP contribution in [0.15, 0.2) is 485 Å². The van der Waals surface area contributed by atoms with Crippen molar-refractivity contribution in [3.8, 4) is 11.8 Å².